The number of rotatable bonds is 4. The first kappa shape index (κ1) is 14.8. The van der Waals surface area contributed by atoms with Crippen molar-refractivity contribution in [2.24, 2.45) is 0 Å². The van der Waals surface area contributed by atoms with E-state index >= 15 is 0 Å². The maximum atomic E-state index is 12.2. The first-order chi connectivity index (χ1) is 9.60. The van der Waals surface area contributed by atoms with Crippen molar-refractivity contribution in [3.05, 3.63) is 46.7 Å². The second-order valence-electron chi connectivity index (χ2n) is 4.11. The van der Waals surface area contributed by atoms with Crippen LogP contribution in [0.1, 0.15) is 23.0 Å². The van der Waals surface area contributed by atoms with Crippen LogP contribution >= 0.6 is 23.4 Å². The maximum absolute atomic E-state index is 12.2. The van der Waals surface area contributed by atoms with Crippen LogP contribution in [0, 0.1) is 6.92 Å². The smallest absolute Gasteiger partial charge is 0.275 e. The quantitative estimate of drug-likeness (QED) is 0.689. The Balaban J connectivity index is 2.22. The van der Waals surface area contributed by atoms with Gasteiger partial charge in [-0.2, -0.15) is 0 Å². The molecule has 0 radical (unpaired) electrons. The SMILES string of the molecule is CCSc1ncc(Cl)c(C(=O)Nc2cccc(C)c2)n1. The van der Waals surface area contributed by atoms with E-state index in [4.69, 9.17) is 11.6 Å². The monoisotopic (exact) mass is 307 g/mol. The topological polar surface area (TPSA) is 54.9 Å². The molecule has 0 atom stereocenters. The summed E-state index contributed by atoms with van der Waals surface area (Å²) in [6, 6.07) is 7.55. The highest BCUT2D eigenvalue weighted by molar-refractivity contribution is 7.99. The van der Waals surface area contributed by atoms with E-state index in [1.54, 1.807) is 0 Å². The molecule has 0 unspecified atom stereocenters. The Labute approximate surface area is 127 Å². The number of halogens is 1. The third-order valence-corrected chi connectivity index (χ3v) is 3.51. The molecule has 0 saturated carbocycles. The summed E-state index contributed by atoms with van der Waals surface area (Å²) in [5.41, 5.74) is 1.98. The number of hydrogen-bond acceptors (Lipinski definition) is 4. The summed E-state index contributed by atoms with van der Waals surface area (Å²) in [7, 11) is 0. The average Bonchev–Trinajstić information content (AvgIpc) is 2.41. The molecular weight excluding hydrogens is 294 g/mol. The molecule has 6 heteroatoms. The number of nitrogens with one attached hydrogen (secondary N) is 1. The molecule has 1 amide bonds. The lowest BCUT2D eigenvalue weighted by molar-refractivity contribution is 0.102. The van der Waals surface area contributed by atoms with Crippen LogP contribution in [0.4, 0.5) is 5.69 Å². The predicted molar refractivity (Wildman–Crippen MR) is 82.6 cm³/mol. The molecular formula is C14H14ClN3OS. The van der Waals surface area contributed by atoms with E-state index in [1.165, 1.54) is 18.0 Å². The van der Waals surface area contributed by atoms with E-state index in [0.29, 0.717) is 5.16 Å². The Kier molecular flexibility index (Phi) is 4.98. The van der Waals surface area contributed by atoms with Gasteiger partial charge in [-0.25, -0.2) is 9.97 Å². The number of carbonyl (C=O) groups is 1. The fourth-order valence-electron chi connectivity index (χ4n) is 1.62. The summed E-state index contributed by atoms with van der Waals surface area (Å²) in [6.07, 6.45) is 1.46. The molecule has 0 saturated heterocycles. The number of amides is 1. The van der Waals surface area contributed by atoms with E-state index in [0.717, 1.165) is 17.0 Å². The highest BCUT2D eigenvalue weighted by Crippen LogP contribution is 2.19. The standard InChI is InChI=1S/C14H14ClN3OS/c1-3-20-14-16-8-11(15)12(18-14)13(19)17-10-6-4-5-9(2)7-10/h4-8H,3H2,1-2H3,(H,17,19). The molecule has 0 aliphatic carbocycles. The van der Waals surface area contributed by atoms with Crippen LogP contribution < -0.4 is 5.32 Å². The molecule has 2 rings (SSSR count). The van der Waals surface area contributed by atoms with Crippen LogP contribution in [-0.4, -0.2) is 21.6 Å². The van der Waals surface area contributed by atoms with Crippen molar-refractivity contribution in [1.82, 2.24) is 9.97 Å². The van der Waals surface area contributed by atoms with Gasteiger partial charge < -0.3 is 5.32 Å². The minimum Gasteiger partial charge on any atom is -0.321 e. The Morgan fingerprint density at radius 3 is 2.95 bits per heavy atom. The van der Waals surface area contributed by atoms with Crippen molar-refractivity contribution in [3.8, 4) is 0 Å². The predicted octanol–water partition coefficient (Wildman–Crippen LogP) is 3.80. The number of carbonyl (C=O) groups excluding carboxylic acids is 1. The minimum atomic E-state index is -0.332. The lowest BCUT2D eigenvalue weighted by Gasteiger charge is -2.07. The summed E-state index contributed by atoms with van der Waals surface area (Å²) in [5.74, 6) is 0.501. The van der Waals surface area contributed by atoms with Gasteiger partial charge in [-0.3, -0.25) is 4.79 Å². The zero-order valence-corrected chi connectivity index (χ0v) is 12.8. The first-order valence-corrected chi connectivity index (χ1v) is 7.50. The lowest BCUT2D eigenvalue weighted by atomic mass is 10.2. The first-order valence-electron chi connectivity index (χ1n) is 6.13. The van der Waals surface area contributed by atoms with Crippen LogP contribution in [0.3, 0.4) is 0 Å². The number of thioether (sulfide) groups is 1. The summed E-state index contributed by atoms with van der Waals surface area (Å²) in [4.78, 5) is 20.5. The van der Waals surface area contributed by atoms with Crippen molar-refractivity contribution < 1.29 is 4.79 Å². The van der Waals surface area contributed by atoms with Crippen molar-refractivity contribution in [2.75, 3.05) is 11.1 Å². The Morgan fingerprint density at radius 1 is 1.45 bits per heavy atom. The molecule has 104 valence electrons. The van der Waals surface area contributed by atoms with E-state index < -0.39 is 0 Å². The van der Waals surface area contributed by atoms with E-state index in [1.807, 2.05) is 38.1 Å². The van der Waals surface area contributed by atoms with Crippen LogP contribution in [-0.2, 0) is 0 Å². The lowest BCUT2D eigenvalue weighted by Crippen LogP contribution is -2.15. The molecule has 0 aliphatic rings. The molecule has 1 N–H and O–H groups in total. The van der Waals surface area contributed by atoms with E-state index in [-0.39, 0.29) is 16.6 Å². The number of benzene rings is 1. The number of aryl methyl sites for hydroxylation is 1. The maximum Gasteiger partial charge on any atom is 0.275 e. The molecule has 0 aliphatic heterocycles. The van der Waals surface area contributed by atoms with Crippen LogP contribution in [0.2, 0.25) is 5.02 Å². The van der Waals surface area contributed by atoms with Gasteiger partial charge in [-0.15, -0.1) is 0 Å². The average molecular weight is 308 g/mol. The van der Waals surface area contributed by atoms with Gasteiger partial charge in [0.05, 0.1) is 11.2 Å². The van der Waals surface area contributed by atoms with Crippen molar-refractivity contribution in [1.29, 1.82) is 0 Å². The number of hydrogen-bond donors (Lipinski definition) is 1. The zero-order valence-electron chi connectivity index (χ0n) is 11.2. The zero-order chi connectivity index (χ0) is 14.5. The highest BCUT2D eigenvalue weighted by Gasteiger charge is 2.14. The van der Waals surface area contributed by atoms with Gasteiger partial charge in [0.15, 0.2) is 10.9 Å². The van der Waals surface area contributed by atoms with Gasteiger partial charge in [0.25, 0.3) is 5.91 Å². The Morgan fingerprint density at radius 2 is 2.25 bits per heavy atom. The molecule has 20 heavy (non-hydrogen) atoms. The van der Waals surface area contributed by atoms with Crippen molar-refractivity contribution in [3.63, 3.8) is 0 Å². The second kappa shape index (κ2) is 6.72. The summed E-state index contributed by atoms with van der Waals surface area (Å²) in [5, 5.41) is 3.58. The molecule has 0 bridgehead atoms. The number of aromatic nitrogens is 2. The molecule has 1 aromatic carbocycles. The third kappa shape index (κ3) is 3.71. The Bertz CT molecular complexity index is 634. The van der Waals surface area contributed by atoms with Gasteiger partial charge in [-0.05, 0) is 30.4 Å². The van der Waals surface area contributed by atoms with Gasteiger partial charge in [-0.1, -0.05) is 42.4 Å². The minimum absolute atomic E-state index is 0.194. The van der Waals surface area contributed by atoms with E-state index in [2.05, 4.69) is 15.3 Å². The Hall–Kier alpha value is -1.59. The summed E-state index contributed by atoms with van der Waals surface area (Å²) >= 11 is 7.46. The molecule has 4 nitrogen and oxygen atoms in total. The summed E-state index contributed by atoms with van der Waals surface area (Å²) < 4.78 is 0. The molecule has 0 fully saturated rings. The van der Waals surface area contributed by atoms with E-state index in [9.17, 15) is 4.79 Å². The second-order valence-corrected chi connectivity index (χ2v) is 5.74. The molecule has 2 aromatic rings. The highest BCUT2D eigenvalue weighted by atomic mass is 35.5. The van der Waals surface area contributed by atoms with Crippen LogP contribution in [0.15, 0.2) is 35.6 Å². The van der Waals surface area contributed by atoms with Crippen LogP contribution in [0.5, 0.6) is 0 Å². The molecule has 1 aromatic heterocycles. The van der Waals surface area contributed by atoms with Gasteiger partial charge in [0.1, 0.15) is 0 Å². The molecule has 0 spiro atoms. The van der Waals surface area contributed by atoms with Crippen LogP contribution in [0.25, 0.3) is 0 Å². The third-order valence-electron chi connectivity index (χ3n) is 2.49. The van der Waals surface area contributed by atoms with Crippen molar-refractivity contribution in [2.45, 2.75) is 19.0 Å². The van der Waals surface area contributed by atoms with Gasteiger partial charge in [0.2, 0.25) is 0 Å². The normalized spacial score (nSPS) is 10.3. The number of anilines is 1. The fourth-order valence-corrected chi connectivity index (χ4v) is 2.34. The summed E-state index contributed by atoms with van der Waals surface area (Å²) in [6.45, 7) is 3.96. The molecule has 1 heterocycles. The van der Waals surface area contributed by atoms with Gasteiger partial charge >= 0.3 is 0 Å². The largest absolute Gasteiger partial charge is 0.321 e. The van der Waals surface area contributed by atoms with Crippen molar-refractivity contribution >= 4 is 35.0 Å². The van der Waals surface area contributed by atoms with Gasteiger partial charge in [0, 0.05) is 5.69 Å². The number of nitrogens with zero attached hydrogens (tertiary/aromatic N) is 2. The fraction of sp³-hybridized carbons (Fsp3) is 0.214.